The van der Waals surface area contributed by atoms with Gasteiger partial charge in [-0.25, -0.2) is 0 Å². The Labute approximate surface area is 129 Å². The van der Waals surface area contributed by atoms with E-state index in [1.165, 1.54) is 11.8 Å². The van der Waals surface area contributed by atoms with Gasteiger partial charge in [-0.05, 0) is 25.0 Å². The summed E-state index contributed by atoms with van der Waals surface area (Å²) in [6.07, 6.45) is 3.68. The lowest BCUT2D eigenvalue weighted by Crippen LogP contribution is -2.36. The Bertz CT molecular complexity index is 527. The van der Waals surface area contributed by atoms with E-state index >= 15 is 0 Å². The molecule has 2 atom stereocenters. The molecule has 0 aromatic heterocycles. The van der Waals surface area contributed by atoms with Gasteiger partial charge in [0.15, 0.2) is 0 Å². The molecular weight excluding hydrogens is 284 g/mol. The molecule has 0 radical (unpaired) electrons. The molecule has 2 unspecified atom stereocenters. The average molecular weight is 304 g/mol. The molecule has 4 nitrogen and oxygen atoms in total. The molecule has 2 rings (SSSR count). The number of nitriles is 1. The monoisotopic (exact) mass is 304 g/mol. The SMILES string of the molecule is N#CCSc1ccccc1C(=O)NCC1CCCCC1O. The van der Waals surface area contributed by atoms with E-state index in [4.69, 9.17) is 5.26 Å². The molecule has 1 aliphatic rings. The first-order chi connectivity index (χ1) is 10.2. The highest BCUT2D eigenvalue weighted by Gasteiger charge is 2.23. The smallest absolute Gasteiger partial charge is 0.252 e. The van der Waals surface area contributed by atoms with Gasteiger partial charge in [0.1, 0.15) is 0 Å². The van der Waals surface area contributed by atoms with Crippen molar-refractivity contribution in [2.24, 2.45) is 5.92 Å². The second-order valence-electron chi connectivity index (χ2n) is 5.26. The molecule has 0 bridgehead atoms. The summed E-state index contributed by atoms with van der Waals surface area (Å²) in [5.41, 5.74) is 0.600. The van der Waals surface area contributed by atoms with Crippen molar-refractivity contribution >= 4 is 17.7 Å². The molecule has 1 saturated carbocycles. The summed E-state index contributed by atoms with van der Waals surface area (Å²) in [6.45, 7) is 0.511. The molecule has 21 heavy (non-hydrogen) atoms. The lowest BCUT2D eigenvalue weighted by atomic mass is 9.86. The maximum Gasteiger partial charge on any atom is 0.252 e. The second-order valence-corrected chi connectivity index (χ2v) is 6.28. The Morgan fingerprint density at radius 2 is 2.14 bits per heavy atom. The first kappa shape index (κ1) is 15.9. The summed E-state index contributed by atoms with van der Waals surface area (Å²) >= 11 is 1.37. The van der Waals surface area contributed by atoms with Gasteiger partial charge in [-0.1, -0.05) is 25.0 Å². The number of rotatable bonds is 5. The normalized spacial score (nSPS) is 21.5. The summed E-state index contributed by atoms with van der Waals surface area (Å²) in [7, 11) is 0. The van der Waals surface area contributed by atoms with Crippen LogP contribution in [0.25, 0.3) is 0 Å². The van der Waals surface area contributed by atoms with Crippen molar-refractivity contribution < 1.29 is 9.90 Å². The topological polar surface area (TPSA) is 73.1 Å². The van der Waals surface area contributed by atoms with E-state index in [2.05, 4.69) is 11.4 Å². The zero-order valence-electron chi connectivity index (χ0n) is 11.9. The minimum Gasteiger partial charge on any atom is -0.393 e. The van der Waals surface area contributed by atoms with Crippen molar-refractivity contribution in [2.75, 3.05) is 12.3 Å². The number of amides is 1. The molecule has 0 spiro atoms. The van der Waals surface area contributed by atoms with Crippen molar-refractivity contribution in [3.05, 3.63) is 29.8 Å². The van der Waals surface area contributed by atoms with E-state index in [0.29, 0.717) is 17.9 Å². The molecular formula is C16H20N2O2S. The minimum absolute atomic E-state index is 0.131. The average Bonchev–Trinajstić information content (AvgIpc) is 2.52. The fourth-order valence-corrected chi connectivity index (χ4v) is 3.35. The van der Waals surface area contributed by atoms with Crippen LogP contribution in [0.15, 0.2) is 29.2 Å². The van der Waals surface area contributed by atoms with Gasteiger partial charge < -0.3 is 10.4 Å². The molecule has 1 aromatic rings. The lowest BCUT2D eigenvalue weighted by molar-refractivity contribution is 0.0662. The number of hydrogen-bond donors (Lipinski definition) is 2. The van der Waals surface area contributed by atoms with Crippen LogP contribution in [-0.2, 0) is 0 Å². The van der Waals surface area contributed by atoms with Crippen LogP contribution in [0.5, 0.6) is 0 Å². The predicted molar refractivity (Wildman–Crippen MR) is 83.1 cm³/mol. The molecule has 1 aromatic carbocycles. The van der Waals surface area contributed by atoms with Crippen LogP contribution in [-0.4, -0.2) is 29.4 Å². The Kier molecular flexibility index (Phi) is 6.09. The van der Waals surface area contributed by atoms with Crippen LogP contribution < -0.4 is 5.32 Å². The Balaban J connectivity index is 1.95. The van der Waals surface area contributed by atoms with E-state index in [1.54, 1.807) is 6.07 Å². The Morgan fingerprint density at radius 1 is 1.38 bits per heavy atom. The van der Waals surface area contributed by atoms with E-state index in [9.17, 15) is 9.90 Å². The molecule has 0 heterocycles. The fraction of sp³-hybridized carbons (Fsp3) is 0.500. The van der Waals surface area contributed by atoms with Crippen molar-refractivity contribution in [2.45, 2.75) is 36.7 Å². The van der Waals surface area contributed by atoms with E-state index in [0.717, 1.165) is 30.6 Å². The summed E-state index contributed by atoms with van der Waals surface area (Å²) in [6, 6.07) is 9.38. The van der Waals surface area contributed by atoms with Crippen LogP contribution in [0.3, 0.4) is 0 Å². The molecule has 0 aliphatic heterocycles. The second kappa shape index (κ2) is 8.06. The number of aliphatic hydroxyl groups is 1. The third-order valence-electron chi connectivity index (χ3n) is 3.82. The number of nitrogens with zero attached hydrogens (tertiary/aromatic N) is 1. The number of carbonyl (C=O) groups excluding carboxylic acids is 1. The van der Waals surface area contributed by atoms with Crippen LogP contribution in [0.4, 0.5) is 0 Å². The zero-order chi connectivity index (χ0) is 15.1. The molecule has 5 heteroatoms. The minimum atomic E-state index is -0.303. The van der Waals surface area contributed by atoms with Crippen LogP contribution in [0.2, 0.25) is 0 Å². The first-order valence-electron chi connectivity index (χ1n) is 7.27. The predicted octanol–water partition coefficient (Wildman–Crippen LogP) is 2.58. The molecule has 1 amide bonds. The van der Waals surface area contributed by atoms with Crippen molar-refractivity contribution in [3.8, 4) is 6.07 Å². The molecule has 1 aliphatic carbocycles. The largest absolute Gasteiger partial charge is 0.393 e. The highest BCUT2D eigenvalue weighted by atomic mass is 32.2. The highest BCUT2D eigenvalue weighted by molar-refractivity contribution is 7.99. The zero-order valence-corrected chi connectivity index (χ0v) is 12.7. The van der Waals surface area contributed by atoms with Gasteiger partial charge in [-0.2, -0.15) is 5.26 Å². The maximum atomic E-state index is 12.3. The van der Waals surface area contributed by atoms with Gasteiger partial charge in [-0.3, -0.25) is 4.79 Å². The van der Waals surface area contributed by atoms with Gasteiger partial charge >= 0.3 is 0 Å². The standard InChI is InChI=1S/C16H20N2O2S/c17-9-10-21-15-8-4-2-6-13(15)16(20)18-11-12-5-1-3-7-14(12)19/h2,4,6,8,12,14,19H,1,3,5,7,10-11H2,(H,18,20). The summed E-state index contributed by atoms with van der Waals surface area (Å²) < 4.78 is 0. The number of aliphatic hydroxyl groups excluding tert-OH is 1. The van der Waals surface area contributed by atoms with Gasteiger partial charge in [0.25, 0.3) is 5.91 Å². The fourth-order valence-electron chi connectivity index (χ4n) is 2.64. The van der Waals surface area contributed by atoms with Crippen molar-refractivity contribution in [3.63, 3.8) is 0 Å². The van der Waals surface area contributed by atoms with Crippen LogP contribution >= 0.6 is 11.8 Å². The summed E-state index contributed by atoms with van der Waals surface area (Å²) in [4.78, 5) is 13.1. The van der Waals surface area contributed by atoms with E-state index in [-0.39, 0.29) is 17.9 Å². The number of nitrogens with one attached hydrogen (secondary N) is 1. The lowest BCUT2D eigenvalue weighted by Gasteiger charge is -2.27. The first-order valence-corrected chi connectivity index (χ1v) is 8.26. The van der Waals surface area contributed by atoms with E-state index in [1.807, 2.05) is 18.2 Å². The Morgan fingerprint density at radius 3 is 2.90 bits per heavy atom. The summed E-state index contributed by atoms with van der Waals surface area (Å²) in [5.74, 6) is 0.349. The number of benzene rings is 1. The number of hydrogen-bond acceptors (Lipinski definition) is 4. The number of thioether (sulfide) groups is 1. The Hall–Kier alpha value is -1.51. The van der Waals surface area contributed by atoms with Crippen LogP contribution in [0, 0.1) is 17.2 Å². The van der Waals surface area contributed by atoms with Gasteiger partial charge in [0.05, 0.1) is 23.5 Å². The van der Waals surface area contributed by atoms with Gasteiger partial charge in [0, 0.05) is 17.4 Å². The quantitative estimate of drug-likeness (QED) is 0.820. The third kappa shape index (κ3) is 4.48. The van der Waals surface area contributed by atoms with Crippen molar-refractivity contribution in [1.82, 2.24) is 5.32 Å². The van der Waals surface area contributed by atoms with E-state index < -0.39 is 0 Å². The van der Waals surface area contributed by atoms with Gasteiger partial charge in [0.2, 0.25) is 0 Å². The summed E-state index contributed by atoms with van der Waals surface area (Å²) in [5, 5.41) is 21.5. The molecule has 0 saturated heterocycles. The maximum absolute atomic E-state index is 12.3. The highest BCUT2D eigenvalue weighted by Crippen LogP contribution is 2.25. The third-order valence-corrected chi connectivity index (χ3v) is 4.76. The molecule has 1 fully saturated rings. The van der Waals surface area contributed by atoms with Gasteiger partial charge in [-0.15, -0.1) is 11.8 Å². The van der Waals surface area contributed by atoms with Crippen LogP contribution in [0.1, 0.15) is 36.0 Å². The molecule has 112 valence electrons. The van der Waals surface area contributed by atoms with Crippen molar-refractivity contribution in [1.29, 1.82) is 5.26 Å². The number of carbonyl (C=O) groups is 1. The molecule has 2 N–H and O–H groups in total.